The fraction of sp³-hybridized carbons (Fsp3) is 0.190. The highest BCUT2D eigenvalue weighted by Crippen LogP contribution is 2.30. The number of benzene rings is 2. The van der Waals surface area contributed by atoms with Crippen molar-refractivity contribution in [1.29, 1.82) is 0 Å². The Morgan fingerprint density at radius 1 is 1.16 bits per heavy atom. The van der Waals surface area contributed by atoms with Crippen LogP contribution in [0.3, 0.4) is 0 Å². The first-order valence-corrected chi connectivity index (χ1v) is 8.16. The molecular weight excluding hydrogens is 316 g/mol. The van der Waals surface area contributed by atoms with E-state index in [1.54, 1.807) is 24.3 Å². The van der Waals surface area contributed by atoms with E-state index in [2.05, 4.69) is 0 Å². The molecule has 2 aromatic carbocycles. The second kappa shape index (κ2) is 8.73. The Bertz CT molecular complexity index is 786. The third-order valence-corrected chi connectivity index (χ3v) is 3.65. The van der Waals surface area contributed by atoms with Crippen LogP contribution in [0, 0.1) is 0 Å². The van der Waals surface area contributed by atoms with E-state index in [1.165, 1.54) is 18.2 Å². The van der Waals surface area contributed by atoms with Crippen molar-refractivity contribution in [2.24, 2.45) is 0 Å². The lowest BCUT2D eigenvalue weighted by molar-refractivity contribution is 0.104. The van der Waals surface area contributed by atoms with Crippen molar-refractivity contribution in [2.75, 3.05) is 6.61 Å². The molecule has 2 aromatic rings. The fourth-order valence-electron chi connectivity index (χ4n) is 2.34. The minimum atomic E-state index is -0.175. The van der Waals surface area contributed by atoms with Crippen LogP contribution in [0.1, 0.15) is 35.3 Å². The summed E-state index contributed by atoms with van der Waals surface area (Å²) < 4.78 is 5.56. The second-order valence-electron chi connectivity index (χ2n) is 5.47. The average molecular weight is 338 g/mol. The zero-order valence-corrected chi connectivity index (χ0v) is 14.4. The third kappa shape index (κ3) is 4.98. The lowest BCUT2D eigenvalue weighted by Gasteiger charge is -2.11. The number of hydrogen-bond donors (Lipinski definition) is 2. The Morgan fingerprint density at radius 2 is 1.88 bits per heavy atom. The second-order valence-corrected chi connectivity index (χ2v) is 5.47. The van der Waals surface area contributed by atoms with Crippen LogP contribution in [0.15, 0.2) is 54.6 Å². The molecule has 0 radical (unpaired) electrons. The number of carbonyl (C=O) groups is 1. The van der Waals surface area contributed by atoms with Crippen LogP contribution in [0.2, 0.25) is 0 Å². The molecule has 0 aliphatic rings. The number of phenolic OH excluding ortho intramolecular Hbond substituents is 2. The summed E-state index contributed by atoms with van der Waals surface area (Å²) in [5.41, 5.74) is 1.98. The van der Waals surface area contributed by atoms with Crippen molar-refractivity contribution in [2.45, 2.75) is 20.3 Å². The maximum Gasteiger partial charge on any atom is 0.185 e. The molecule has 0 aromatic heterocycles. The van der Waals surface area contributed by atoms with Gasteiger partial charge in [-0.25, -0.2) is 0 Å². The van der Waals surface area contributed by atoms with E-state index in [-0.39, 0.29) is 17.3 Å². The summed E-state index contributed by atoms with van der Waals surface area (Å²) in [6, 6.07) is 9.48. The van der Waals surface area contributed by atoms with Crippen molar-refractivity contribution in [3.63, 3.8) is 0 Å². The van der Waals surface area contributed by atoms with Crippen LogP contribution in [0.25, 0.3) is 6.08 Å². The lowest BCUT2D eigenvalue weighted by atomic mass is 10.0. The van der Waals surface area contributed by atoms with Crippen molar-refractivity contribution in [1.82, 2.24) is 0 Å². The molecule has 0 aliphatic heterocycles. The normalized spacial score (nSPS) is 11.3. The Balaban J connectivity index is 2.31. The summed E-state index contributed by atoms with van der Waals surface area (Å²) in [4.78, 5) is 12.3. The first-order valence-electron chi connectivity index (χ1n) is 8.16. The van der Waals surface area contributed by atoms with E-state index in [4.69, 9.17) is 4.74 Å². The molecule has 0 heterocycles. The molecule has 0 fully saturated rings. The topological polar surface area (TPSA) is 66.8 Å². The molecule has 0 spiro atoms. The fourth-order valence-corrected chi connectivity index (χ4v) is 2.34. The predicted octanol–water partition coefficient (Wildman–Crippen LogP) is 4.51. The Labute approximate surface area is 147 Å². The molecule has 0 saturated heterocycles. The third-order valence-electron chi connectivity index (χ3n) is 3.65. The Hall–Kier alpha value is -3.01. The van der Waals surface area contributed by atoms with Gasteiger partial charge in [-0.15, -0.1) is 0 Å². The standard InChI is InChI=1S/C21H22O4/c1-3-5-6-16-13-17(21(25-4-2)14-20(16)24)9-12-19(23)15-7-10-18(22)11-8-15/h3,5,7-14,22,24H,4,6H2,1-2H3. The van der Waals surface area contributed by atoms with Crippen molar-refractivity contribution < 1.29 is 19.7 Å². The van der Waals surface area contributed by atoms with Crippen molar-refractivity contribution in [3.8, 4) is 17.2 Å². The van der Waals surface area contributed by atoms with E-state index in [0.29, 0.717) is 24.3 Å². The summed E-state index contributed by atoms with van der Waals surface area (Å²) in [6.07, 6.45) is 7.60. The first kappa shape index (κ1) is 18.3. The van der Waals surface area contributed by atoms with Crippen LogP contribution < -0.4 is 4.74 Å². The van der Waals surface area contributed by atoms with Gasteiger partial charge in [-0.2, -0.15) is 0 Å². The SMILES string of the molecule is CC=CCc1cc(C=CC(=O)c2ccc(O)cc2)c(OCC)cc1O. The summed E-state index contributed by atoms with van der Waals surface area (Å²) in [6.45, 7) is 4.24. The number of phenols is 2. The average Bonchev–Trinajstić information content (AvgIpc) is 2.60. The highest BCUT2D eigenvalue weighted by molar-refractivity contribution is 6.07. The molecule has 0 aliphatic carbocycles. The molecule has 25 heavy (non-hydrogen) atoms. The quantitative estimate of drug-likeness (QED) is 0.443. The van der Waals surface area contributed by atoms with Crippen molar-refractivity contribution >= 4 is 11.9 Å². The maximum absolute atomic E-state index is 12.3. The molecule has 2 N–H and O–H groups in total. The molecule has 0 amide bonds. The van der Waals surface area contributed by atoms with Gasteiger partial charge >= 0.3 is 0 Å². The minimum Gasteiger partial charge on any atom is -0.508 e. The van der Waals surface area contributed by atoms with Crippen molar-refractivity contribution in [3.05, 3.63) is 71.3 Å². The van der Waals surface area contributed by atoms with Gasteiger partial charge in [0.2, 0.25) is 0 Å². The number of hydrogen-bond acceptors (Lipinski definition) is 4. The summed E-state index contributed by atoms with van der Waals surface area (Å²) in [7, 11) is 0. The lowest BCUT2D eigenvalue weighted by Crippen LogP contribution is -1.97. The van der Waals surface area contributed by atoms with Gasteiger partial charge in [0.1, 0.15) is 17.2 Å². The summed E-state index contributed by atoms with van der Waals surface area (Å²) >= 11 is 0. The van der Waals surface area contributed by atoms with E-state index >= 15 is 0 Å². The van der Waals surface area contributed by atoms with E-state index in [9.17, 15) is 15.0 Å². The van der Waals surface area contributed by atoms with E-state index in [1.807, 2.05) is 32.1 Å². The number of ketones is 1. The number of carbonyl (C=O) groups excluding carboxylic acids is 1. The zero-order chi connectivity index (χ0) is 18.2. The van der Waals surface area contributed by atoms with Gasteiger partial charge in [-0.3, -0.25) is 4.79 Å². The molecule has 4 heteroatoms. The number of allylic oxidation sites excluding steroid dienone is 3. The van der Waals surface area contributed by atoms with Crippen LogP contribution >= 0.6 is 0 Å². The van der Waals surface area contributed by atoms with Gasteiger partial charge in [0, 0.05) is 17.2 Å². The van der Waals surface area contributed by atoms with Crippen LogP contribution in [0.4, 0.5) is 0 Å². The van der Waals surface area contributed by atoms with Gasteiger partial charge in [0.25, 0.3) is 0 Å². The van der Waals surface area contributed by atoms with Gasteiger partial charge in [-0.05, 0) is 68.3 Å². The van der Waals surface area contributed by atoms with E-state index < -0.39 is 0 Å². The largest absolute Gasteiger partial charge is 0.508 e. The number of ether oxygens (including phenoxy) is 1. The molecule has 4 nitrogen and oxygen atoms in total. The highest BCUT2D eigenvalue weighted by atomic mass is 16.5. The first-order chi connectivity index (χ1) is 12.0. The molecule has 0 bridgehead atoms. The van der Waals surface area contributed by atoms with Gasteiger partial charge in [0.05, 0.1) is 6.61 Å². The molecule has 0 atom stereocenters. The molecule has 130 valence electrons. The molecular formula is C21H22O4. The van der Waals surface area contributed by atoms with E-state index in [0.717, 1.165) is 11.1 Å². The Kier molecular flexibility index (Phi) is 6.40. The zero-order valence-electron chi connectivity index (χ0n) is 14.4. The monoisotopic (exact) mass is 338 g/mol. The highest BCUT2D eigenvalue weighted by Gasteiger charge is 2.09. The molecule has 0 unspecified atom stereocenters. The summed E-state index contributed by atoms with van der Waals surface area (Å²) in [5, 5.41) is 19.4. The minimum absolute atomic E-state index is 0.117. The van der Waals surface area contributed by atoms with Gasteiger partial charge in [0.15, 0.2) is 5.78 Å². The Morgan fingerprint density at radius 3 is 2.52 bits per heavy atom. The van der Waals surface area contributed by atoms with Crippen LogP contribution in [0.5, 0.6) is 17.2 Å². The number of rotatable bonds is 7. The summed E-state index contributed by atoms with van der Waals surface area (Å²) in [5.74, 6) is 0.638. The molecule has 2 rings (SSSR count). The smallest absolute Gasteiger partial charge is 0.185 e. The molecule has 0 saturated carbocycles. The van der Waals surface area contributed by atoms with Crippen LogP contribution in [-0.2, 0) is 6.42 Å². The number of aromatic hydroxyl groups is 2. The maximum atomic E-state index is 12.3. The predicted molar refractivity (Wildman–Crippen MR) is 99.3 cm³/mol. The van der Waals surface area contributed by atoms with Gasteiger partial charge < -0.3 is 14.9 Å². The van der Waals surface area contributed by atoms with Crippen LogP contribution in [-0.4, -0.2) is 22.6 Å². The van der Waals surface area contributed by atoms with Gasteiger partial charge in [-0.1, -0.05) is 12.2 Å².